The van der Waals surface area contributed by atoms with Gasteiger partial charge in [0.1, 0.15) is 0 Å². The SMILES string of the molecule is O=C1[C@@H]2[C@@H](C(=O)N1c1ccccc1)[C@@H]1C=C[C@@H]2C1=C(c1ccc(Br)cc1)c1ccc(Br)cc1. The minimum atomic E-state index is -0.344. The van der Waals surface area contributed by atoms with E-state index in [1.54, 1.807) is 0 Å². The first kappa shape index (κ1) is 20.8. The Labute approximate surface area is 209 Å². The Bertz CT molecular complexity index is 1250. The molecule has 2 bridgehead atoms. The largest absolute Gasteiger partial charge is 0.274 e. The molecule has 3 nitrogen and oxygen atoms in total. The highest BCUT2D eigenvalue weighted by molar-refractivity contribution is 9.10. The quantitative estimate of drug-likeness (QED) is 0.266. The lowest BCUT2D eigenvalue weighted by Crippen LogP contribution is -2.33. The number of imide groups is 1. The summed E-state index contributed by atoms with van der Waals surface area (Å²) in [4.78, 5) is 28.5. The molecule has 1 saturated carbocycles. The molecule has 6 rings (SSSR count). The summed E-state index contributed by atoms with van der Waals surface area (Å²) >= 11 is 7.07. The summed E-state index contributed by atoms with van der Waals surface area (Å²) in [6.07, 6.45) is 4.27. The standard InChI is InChI=1S/C28H19Br2NO2/c29-18-10-6-16(7-11-18)23(17-8-12-19(30)13-9-17)24-21-14-15-22(24)26-25(21)27(32)31(28(26)33)20-4-2-1-3-5-20/h1-15,21-22,25-26H/t21-,22-,25+,26+/m1/s1. The predicted molar refractivity (Wildman–Crippen MR) is 136 cm³/mol. The van der Waals surface area contributed by atoms with Crippen molar-refractivity contribution in [2.75, 3.05) is 4.90 Å². The van der Waals surface area contributed by atoms with Crippen molar-refractivity contribution < 1.29 is 9.59 Å². The summed E-state index contributed by atoms with van der Waals surface area (Å²) in [7, 11) is 0. The van der Waals surface area contributed by atoms with Gasteiger partial charge in [0.05, 0.1) is 17.5 Å². The summed E-state index contributed by atoms with van der Waals surface area (Å²) in [5.41, 5.74) is 5.15. The van der Waals surface area contributed by atoms with Gasteiger partial charge in [-0.15, -0.1) is 0 Å². The Morgan fingerprint density at radius 3 is 1.55 bits per heavy atom. The second-order valence-electron chi connectivity index (χ2n) is 8.68. The Balaban J connectivity index is 1.50. The van der Waals surface area contributed by atoms with E-state index in [1.807, 2.05) is 54.6 Å². The molecule has 3 aromatic carbocycles. The fraction of sp³-hybridized carbons (Fsp3) is 0.143. The first-order valence-corrected chi connectivity index (χ1v) is 12.5. The fourth-order valence-electron chi connectivity index (χ4n) is 5.66. The number of hydrogen-bond acceptors (Lipinski definition) is 2. The number of halogens is 2. The lowest BCUT2D eigenvalue weighted by molar-refractivity contribution is -0.122. The molecule has 0 radical (unpaired) electrons. The lowest BCUT2D eigenvalue weighted by Gasteiger charge is -2.21. The molecule has 33 heavy (non-hydrogen) atoms. The molecule has 5 heteroatoms. The zero-order chi connectivity index (χ0) is 22.7. The zero-order valence-corrected chi connectivity index (χ0v) is 20.7. The molecule has 3 aliphatic rings. The van der Waals surface area contributed by atoms with Crippen LogP contribution in [0.5, 0.6) is 0 Å². The molecule has 2 amide bonds. The van der Waals surface area contributed by atoms with Crippen LogP contribution in [0.25, 0.3) is 5.57 Å². The van der Waals surface area contributed by atoms with Crippen LogP contribution in [-0.4, -0.2) is 11.8 Å². The number of rotatable bonds is 3. The van der Waals surface area contributed by atoms with E-state index in [1.165, 1.54) is 10.5 Å². The molecule has 0 unspecified atom stereocenters. The van der Waals surface area contributed by atoms with Crippen molar-refractivity contribution >= 4 is 54.9 Å². The average Bonchev–Trinajstić information content (AvgIpc) is 3.46. The molecule has 0 aromatic heterocycles. The van der Waals surface area contributed by atoms with Gasteiger partial charge < -0.3 is 0 Å². The number of nitrogens with zero attached hydrogens (tertiary/aromatic N) is 1. The smallest absolute Gasteiger partial charge is 0.238 e. The second-order valence-corrected chi connectivity index (χ2v) is 10.5. The third-order valence-corrected chi connectivity index (χ3v) is 8.04. The van der Waals surface area contributed by atoms with E-state index < -0.39 is 0 Å². The van der Waals surface area contributed by atoms with E-state index in [0.29, 0.717) is 5.69 Å². The van der Waals surface area contributed by atoms with Crippen molar-refractivity contribution in [2.24, 2.45) is 23.7 Å². The van der Waals surface area contributed by atoms with Gasteiger partial charge in [0.2, 0.25) is 11.8 Å². The predicted octanol–water partition coefficient (Wildman–Crippen LogP) is 6.64. The maximum Gasteiger partial charge on any atom is 0.238 e. The van der Waals surface area contributed by atoms with E-state index in [0.717, 1.165) is 25.6 Å². The monoisotopic (exact) mass is 559 g/mol. The molecule has 1 heterocycles. The van der Waals surface area contributed by atoms with E-state index in [-0.39, 0.29) is 35.5 Å². The molecule has 2 aliphatic carbocycles. The van der Waals surface area contributed by atoms with Crippen LogP contribution in [0.4, 0.5) is 5.69 Å². The number of para-hydroxylation sites is 1. The van der Waals surface area contributed by atoms with E-state index in [9.17, 15) is 9.59 Å². The number of amides is 2. The maximum absolute atomic E-state index is 13.6. The van der Waals surface area contributed by atoms with Gasteiger partial charge in [-0.2, -0.15) is 0 Å². The van der Waals surface area contributed by atoms with Crippen LogP contribution in [-0.2, 0) is 9.59 Å². The molecule has 162 valence electrons. The second kappa shape index (κ2) is 7.93. The minimum absolute atomic E-state index is 0.0764. The molecule has 4 atom stereocenters. The van der Waals surface area contributed by atoms with Crippen molar-refractivity contribution in [3.8, 4) is 0 Å². The number of fused-ring (bicyclic) bond motifs is 5. The summed E-state index contributed by atoms with van der Waals surface area (Å²) in [6.45, 7) is 0. The number of anilines is 1. The van der Waals surface area contributed by atoms with Gasteiger partial charge in [-0.25, -0.2) is 4.90 Å². The van der Waals surface area contributed by atoms with Gasteiger partial charge in [0.25, 0.3) is 0 Å². The lowest BCUT2D eigenvalue weighted by atomic mass is 9.85. The Hall–Kier alpha value is -2.76. The normalized spacial score (nSPS) is 25.2. The number of hydrogen-bond donors (Lipinski definition) is 0. The molecule has 1 aliphatic heterocycles. The first-order valence-electron chi connectivity index (χ1n) is 10.9. The molecule has 1 saturated heterocycles. The van der Waals surface area contributed by atoms with Gasteiger partial charge in [-0.3, -0.25) is 9.59 Å². The summed E-state index contributed by atoms with van der Waals surface area (Å²) in [6, 6.07) is 25.8. The van der Waals surface area contributed by atoms with Gasteiger partial charge in [0.15, 0.2) is 0 Å². The third-order valence-electron chi connectivity index (χ3n) is 6.98. The summed E-state index contributed by atoms with van der Waals surface area (Å²) in [5, 5.41) is 0. The summed E-state index contributed by atoms with van der Waals surface area (Å²) in [5.74, 6) is -1.01. The van der Waals surface area contributed by atoms with Gasteiger partial charge >= 0.3 is 0 Å². The third kappa shape index (κ3) is 3.21. The first-order chi connectivity index (χ1) is 16.0. The van der Waals surface area contributed by atoms with Crippen LogP contribution in [0.15, 0.2) is 106 Å². The van der Waals surface area contributed by atoms with Gasteiger partial charge in [-0.1, -0.05) is 86.5 Å². The van der Waals surface area contributed by atoms with Crippen LogP contribution >= 0.6 is 31.9 Å². The van der Waals surface area contributed by atoms with Crippen LogP contribution in [0.2, 0.25) is 0 Å². The maximum atomic E-state index is 13.6. The highest BCUT2D eigenvalue weighted by atomic mass is 79.9. The van der Waals surface area contributed by atoms with Crippen molar-refractivity contribution in [3.05, 3.63) is 117 Å². The molecular formula is C28H19Br2NO2. The van der Waals surface area contributed by atoms with Crippen molar-refractivity contribution in [1.82, 2.24) is 0 Å². The Morgan fingerprint density at radius 2 is 1.09 bits per heavy atom. The van der Waals surface area contributed by atoms with E-state index >= 15 is 0 Å². The van der Waals surface area contributed by atoms with E-state index in [4.69, 9.17) is 0 Å². The number of carbonyl (C=O) groups is 2. The van der Waals surface area contributed by atoms with Crippen LogP contribution in [0.3, 0.4) is 0 Å². The molecule has 0 spiro atoms. The van der Waals surface area contributed by atoms with Gasteiger partial charge in [-0.05, 0) is 58.7 Å². The highest BCUT2D eigenvalue weighted by Gasteiger charge is 2.62. The fourth-order valence-corrected chi connectivity index (χ4v) is 6.19. The van der Waals surface area contributed by atoms with E-state index in [2.05, 4.69) is 68.3 Å². The number of benzene rings is 3. The molecule has 0 N–H and O–H groups in total. The highest BCUT2D eigenvalue weighted by Crippen LogP contribution is 2.58. The number of allylic oxidation sites excluding steroid dienone is 3. The van der Waals surface area contributed by atoms with Crippen LogP contribution in [0, 0.1) is 23.7 Å². The van der Waals surface area contributed by atoms with Crippen molar-refractivity contribution in [2.45, 2.75) is 0 Å². The molecule has 2 fully saturated rings. The van der Waals surface area contributed by atoms with Crippen LogP contribution < -0.4 is 4.90 Å². The molecular weight excluding hydrogens is 542 g/mol. The van der Waals surface area contributed by atoms with Crippen molar-refractivity contribution in [3.63, 3.8) is 0 Å². The Morgan fingerprint density at radius 1 is 0.636 bits per heavy atom. The van der Waals surface area contributed by atoms with Gasteiger partial charge in [0, 0.05) is 20.8 Å². The molecule has 3 aromatic rings. The average molecular weight is 561 g/mol. The van der Waals surface area contributed by atoms with Crippen LogP contribution in [0.1, 0.15) is 11.1 Å². The summed E-state index contributed by atoms with van der Waals surface area (Å²) < 4.78 is 2.03. The topological polar surface area (TPSA) is 37.4 Å². The Kier molecular flexibility index (Phi) is 5.00. The zero-order valence-electron chi connectivity index (χ0n) is 17.5. The van der Waals surface area contributed by atoms with Crippen molar-refractivity contribution in [1.29, 1.82) is 0 Å². The number of carbonyl (C=O) groups excluding carboxylic acids is 2. The minimum Gasteiger partial charge on any atom is -0.274 e.